The maximum Gasteiger partial charge on any atom is 0.252 e. The van der Waals surface area contributed by atoms with Crippen molar-refractivity contribution in [1.29, 1.82) is 0 Å². The number of halogens is 1. The highest BCUT2D eigenvalue weighted by Crippen LogP contribution is 2.25. The lowest BCUT2D eigenvalue weighted by molar-refractivity contribution is -0.145. The zero-order chi connectivity index (χ0) is 14.5. The van der Waals surface area contributed by atoms with Crippen LogP contribution in [-0.2, 0) is 9.53 Å². The van der Waals surface area contributed by atoms with Crippen molar-refractivity contribution in [1.82, 2.24) is 10.2 Å². The number of benzene rings is 1. The highest BCUT2D eigenvalue weighted by atomic mass is 35.5. The molecule has 1 aliphatic rings. The summed E-state index contributed by atoms with van der Waals surface area (Å²) in [6, 6.07) is 7.70. The predicted molar refractivity (Wildman–Crippen MR) is 79.9 cm³/mol. The highest BCUT2D eigenvalue weighted by Gasteiger charge is 2.30. The minimum Gasteiger partial charge on any atom is -0.369 e. The van der Waals surface area contributed by atoms with Gasteiger partial charge in [0, 0.05) is 31.3 Å². The molecule has 1 heterocycles. The van der Waals surface area contributed by atoms with Crippen molar-refractivity contribution in [2.75, 3.05) is 26.2 Å². The third-order valence-electron chi connectivity index (χ3n) is 3.52. The Morgan fingerprint density at radius 2 is 2.40 bits per heavy atom. The molecule has 0 spiro atoms. The molecule has 0 bridgehead atoms. The van der Waals surface area contributed by atoms with Crippen LogP contribution in [-0.4, -0.2) is 43.2 Å². The number of rotatable bonds is 4. The maximum atomic E-state index is 12.5. The number of nitrogens with zero attached hydrogens (tertiary/aromatic N) is 1. The third kappa shape index (κ3) is 3.51. The van der Waals surface area contributed by atoms with Crippen molar-refractivity contribution in [2.45, 2.75) is 26.0 Å². The van der Waals surface area contributed by atoms with Gasteiger partial charge in [-0.2, -0.15) is 0 Å². The molecule has 0 aliphatic carbocycles. The first-order valence-electron chi connectivity index (χ1n) is 7.01. The van der Waals surface area contributed by atoms with Gasteiger partial charge in [-0.15, -0.1) is 0 Å². The van der Waals surface area contributed by atoms with Crippen LogP contribution in [0.3, 0.4) is 0 Å². The topological polar surface area (TPSA) is 41.6 Å². The van der Waals surface area contributed by atoms with E-state index in [1.807, 2.05) is 43.0 Å². The van der Waals surface area contributed by atoms with Gasteiger partial charge in [-0.3, -0.25) is 4.79 Å². The molecule has 1 saturated heterocycles. The van der Waals surface area contributed by atoms with Crippen LogP contribution < -0.4 is 5.32 Å². The van der Waals surface area contributed by atoms with Gasteiger partial charge in [0.25, 0.3) is 5.91 Å². The number of nitrogens with one attached hydrogen (secondary N) is 1. The standard InChI is InChI=1S/C15H21ClN2O2/c1-3-20-11(2)15(19)18-8-7-17-10-14(18)12-5-4-6-13(16)9-12/h4-6,9,11,14,17H,3,7-8,10H2,1-2H3. The summed E-state index contributed by atoms with van der Waals surface area (Å²) in [5.74, 6) is 0.0401. The lowest BCUT2D eigenvalue weighted by Crippen LogP contribution is -2.51. The van der Waals surface area contributed by atoms with Crippen LogP contribution in [0.2, 0.25) is 5.02 Å². The fourth-order valence-corrected chi connectivity index (χ4v) is 2.73. The number of carbonyl (C=O) groups excluding carboxylic acids is 1. The van der Waals surface area contributed by atoms with E-state index in [1.165, 1.54) is 0 Å². The maximum absolute atomic E-state index is 12.5. The Bertz CT molecular complexity index is 467. The number of hydrogen-bond donors (Lipinski definition) is 1. The van der Waals surface area contributed by atoms with Crippen LogP contribution in [0.15, 0.2) is 24.3 Å². The highest BCUT2D eigenvalue weighted by molar-refractivity contribution is 6.30. The Hall–Kier alpha value is -1.10. The molecule has 0 aromatic heterocycles. The van der Waals surface area contributed by atoms with Gasteiger partial charge in [-0.1, -0.05) is 23.7 Å². The van der Waals surface area contributed by atoms with E-state index in [-0.39, 0.29) is 11.9 Å². The van der Waals surface area contributed by atoms with E-state index in [9.17, 15) is 4.79 Å². The molecule has 1 amide bonds. The van der Waals surface area contributed by atoms with Crippen LogP contribution in [0.4, 0.5) is 0 Å². The minimum atomic E-state index is -0.403. The van der Waals surface area contributed by atoms with E-state index >= 15 is 0 Å². The number of amides is 1. The Morgan fingerprint density at radius 1 is 1.60 bits per heavy atom. The molecule has 1 fully saturated rings. The van der Waals surface area contributed by atoms with Crippen LogP contribution >= 0.6 is 11.6 Å². The first-order valence-corrected chi connectivity index (χ1v) is 7.39. The molecule has 1 N–H and O–H groups in total. The number of piperazine rings is 1. The Morgan fingerprint density at radius 3 is 3.10 bits per heavy atom. The molecule has 110 valence electrons. The summed E-state index contributed by atoms with van der Waals surface area (Å²) in [7, 11) is 0. The fraction of sp³-hybridized carbons (Fsp3) is 0.533. The van der Waals surface area contributed by atoms with Crippen LogP contribution in [0.1, 0.15) is 25.5 Å². The largest absolute Gasteiger partial charge is 0.369 e. The first-order chi connectivity index (χ1) is 9.63. The van der Waals surface area contributed by atoms with Gasteiger partial charge < -0.3 is 15.0 Å². The Labute approximate surface area is 125 Å². The Balaban J connectivity index is 2.19. The van der Waals surface area contributed by atoms with Crippen molar-refractivity contribution in [2.24, 2.45) is 0 Å². The molecule has 0 saturated carbocycles. The van der Waals surface area contributed by atoms with Crippen LogP contribution in [0.5, 0.6) is 0 Å². The molecule has 1 aliphatic heterocycles. The minimum absolute atomic E-state index is 0.0119. The second-order valence-corrected chi connectivity index (χ2v) is 5.34. The summed E-state index contributed by atoms with van der Waals surface area (Å²) in [4.78, 5) is 14.4. The Kier molecular flexibility index (Phi) is 5.40. The third-order valence-corrected chi connectivity index (χ3v) is 3.76. The molecule has 4 nitrogen and oxygen atoms in total. The van der Waals surface area contributed by atoms with E-state index in [4.69, 9.17) is 16.3 Å². The van der Waals surface area contributed by atoms with Crippen LogP contribution in [0.25, 0.3) is 0 Å². The summed E-state index contributed by atoms with van der Waals surface area (Å²) in [5.41, 5.74) is 1.06. The monoisotopic (exact) mass is 296 g/mol. The van der Waals surface area contributed by atoms with Crippen molar-refractivity contribution in [3.05, 3.63) is 34.9 Å². The van der Waals surface area contributed by atoms with E-state index in [1.54, 1.807) is 0 Å². The summed E-state index contributed by atoms with van der Waals surface area (Å²) >= 11 is 6.06. The van der Waals surface area contributed by atoms with E-state index in [2.05, 4.69) is 5.32 Å². The smallest absolute Gasteiger partial charge is 0.252 e. The number of hydrogen-bond acceptors (Lipinski definition) is 3. The molecule has 20 heavy (non-hydrogen) atoms. The van der Waals surface area contributed by atoms with Gasteiger partial charge in [-0.25, -0.2) is 0 Å². The van der Waals surface area contributed by atoms with Crippen LogP contribution in [0, 0.1) is 0 Å². The average Bonchev–Trinajstić information content (AvgIpc) is 2.47. The molecule has 2 rings (SSSR count). The molecule has 5 heteroatoms. The molecule has 1 aromatic carbocycles. The average molecular weight is 297 g/mol. The van der Waals surface area contributed by atoms with Crippen molar-refractivity contribution >= 4 is 17.5 Å². The van der Waals surface area contributed by atoms with Gasteiger partial charge in [0.15, 0.2) is 0 Å². The van der Waals surface area contributed by atoms with Gasteiger partial charge in [0.1, 0.15) is 6.10 Å². The number of ether oxygens (including phenoxy) is 1. The molecular weight excluding hydrogens is 276 g/mol. The lowest BCUT2D eigenvalue weighted by atomic mass is 10.0. The quantitative estimate of drug-likeness (QED) is 0.926. The van der Waals surface area contributed by atoms with Gasteiger partial charge >= 0.3 is 0 Å². The van der Waals surface area contributed by atoms with E-state index in [0.717, 1.165) is 18.7 Å². The summed E-state index contributed by atoms with van der Waals surface area (Å²) in [6.45, 7) is 6.49. The van der Waals surface area contributed by atoms with Crippen molar-refractivity contribution < 1.29 is 9.53 Å². The summed E-state index contributed by atoms with van der Waals surface area (Å²) in [5, 5.41) is 4.02. The van der Waals surface area contributed by atoms with Gasteiger partial charge in [-0.05, 0) is 31.5 Å². The second-order valence-electron chi connectivity index (χ2n) is 4.90. The molecule has 0 radical (unpaired) electrons. The molecule has 2 unspecified atom stereocenters. The van der Waals surface area contributed by atoms with Crippen molar-refractivity contribution in [3.63, 3.8) is 0 Å². The second kappa shape index (κ2) is 7.07. The summed E-state index contributed by atoms with van der Waals surface area (Å²) in [6.07, 6.45) is -0.403. The number of carbonyl (C=O) groups is 1. The van der Waals surface area contributed by atoms with E-state index < -0.39 is 6.10 Å². The van der Waals surface area contributed by atoms with Gasteiger partial charge in [0.05, 0.1) is 6.04 Å². The van der Waals surface area contributed by atoms with Crippen molar-refractivity contribution in [3.8, 4) is 0 Å². The predicted octanol–water partition coefficient (Wildman–Crippen LogP) is 2.24. The first kappa shape index (κ1) is 15.3. The zero-order valence-corrected chi connectivity index (χ0v) is 12.7. The zero-order valence-electron chi connectivity index (χ0n) is 11.9. The van der Waals surface area contributed by atoms with Gasteiger partial charge in [0.2, 0.25) is 0 Å². The molecule has 2 atom stereocenters. The summed E-state index contributed by atoms with van der Waals surface area (Å²) < 4.78 is 5.43. The molecule has 1 aromatic rings. The normalized spacial score (nSPS) is 20.8. The van der Waals surface area contributed by atoms with E-state index in [0.29, 0.717) is 18.2 Å². The molecular formula is C15H21ClN2O2. The lowest BCUT2D eigenvalue weighted by Gasteiger charge is -2.38. The SMILES string of the molecule is CCOC(C)C(=O)N1CCNCC1c1cccc(Cl)c1. The fourth-order valence-electron chi connectivity index (χ4n) is 2.53.